The zero-order chi connectivity index (χ0) is 27.5. The van der Waals surface area contributed by atoms with Gasteiger partial charge in [-0.15, -0.1) is 11.3 Å². The van der Waals surface area contributed by atoms with Gasteiger partial charge < -0.3 is 10.2 Å². The van der Waals surface area contributed by atoms with Crippen molar-refractivity contribution in [1.29, 1.82) is 5.26 Å². The molecule has 4 aromatic rings. The topological polar surface area (TPSA) is 96.0 Å². The average molecular weight is 561 g/mol. The lowest BCUT2D eigenvalue weighted by atomic mass is 9.90. The summed E-state index contributed by atoms with van der Waals surface area (Å²) in [5.74, 6) is 1.10. The van der Waals surface area contributed by atoms with Gasteiger partial charge in [0.25, 0.3) is 12.0 Å². The highest BCUT2D eigenvalue weighted by Crippen LogP contribution is 2.58. The number of alkyl halides is 2. The SMILES string of the molecule is N#Cc1cc(-c2ccnc3cc(Cn4c(=O)ccn(CC(F)F)c4=O)sc23)c2c(c1)[C@@H]1C[C@@H]1CN2[C@H]1CCNC1. The number of thiophene rings is 1. The number of rotatable bonds is 6. The van der Waals surface area contributed by atoms with Crippen molar-refractivity contribution in [2.75, 3.05) is 24.5 Å². The Kier molecular flexibility index (Phi) is 6.05. The fourth-order valence-corrected chi connectivity index (χ4v) is 7.50. The molecule has 204 valence electrons. The number of nitrogens with zero attached hydrogens (tertiary/aromatic N) is 5. The summed E-state index contributed by atoms with van der Waals surface area (Å²) in [6.45, 7) is 2.12. The third-order valence-corrected chi connectivity index (χ3v) is 9.47. The van der Waals surface area contributed by atoms with E-state index in [1.165, 1.54) is 22.6 Å². The van der Waals surface area contributed by atoms with E-state index in [4.69, 9.17) is 0 Å². The number of nitrogens with one attached hydrogen (secondary N) is 1. The minimum Gasteiger partial charge on any atom is -0.366 e. The van der Waals surface area contributed by atoms with Crippen LogP contribution in [0.2, 0.25) is 0 Å². The normalized spacial score (nSPS) is 21.4. The molecule has 7 rings (SSSR count). The summed E-state index contributed by atoms with van der Waals surface area (Å²) in [5.41, 5.74) is 4.44. The minimum absolute atomic E-state index is 0.0395. The van der Waals surface area contributed by atoms with E-state index in [9.17, 15) is 23.6 Å². The highest BCUT2D eigenvalue weighted by molar-refractivity contribution is 7.19. The van der Waals surface area contributed by atoms with Crippen molar-refractivity contribution in [3.63, 3.8) is 0 Å². The van der Waals surface area contributed by atoms with Crippen molar-refractivity contribution in [2.24, 2.45) is 5.92 Å². The molecule has 1 aliphatic carbocycles. The molecule has 1 aromatic carbocycles. The number of benzene rings is 1. The van der Waals surface area contributed by atoms with Crippen molar-refractivity contribution in [3.8, 4) is 17.2 Å². The van der Waals surface area contributed by atoms with Gasteiger partial charge in [-0.25, -0.2) is 13.6 Å². The predicted octanol–water partition coefficient (Wildman–Crippen LogP) is 3.76. The predicted molar refractivity (Wildman–Crippen MR) is 149 cm³/mol. The molecular weight excluding hydrogens is 534 g/mol. The summed E-state index contributed by atoms with van der Waals surface area (Å²) in [7, 11) is 0. The zero-order valence-electron chi connectivity index (χ0n) is 21.5. The Hall–Kier alpha value is -3.88. The van der Waals surface area contributed by atoms with Crippen molar-refractivity contribution in [1.82, 2.24) is 19.4 Å². The second-order valence-electron chi connectivity index (χ2n) is 10.8. The Morgan fingerprint density at radius 2 is 2.08 bits per heavy atom. The molecule has 1 N–H and O–H groups in total. The summed E-state index contributed by atoms with van der Waals surface area (Å²) in [4.78, 5) is 33.1. The summed E-state index contributed by atoms with van der Waals surface area (Å²) in [6, 6.07) is 11.7. The number of pyridine rings is 1. The zero-order valence-corrected chi connectivity index (χ0v) is 22.3. The van der Waals surface area contributed by atoms with Crippen LogP contribution in [0.4, 0.5) is 14.5 Å². The van der Waals surface area contributed by atoms with E-state index in [0.717, 1.165) is 75.2 Å². The number of anilines is 1. The molecule has 0 unspecified atom stereocenters. The van der Waals surface area contributed by atoms with E-state index in [1.54, 1.807) is 6.20 Å². The van der Waals surface area contributed by atoms with Crippen LogP contribution in [0, 0.1) is 17.2 Å². The van der Waals surface area contributed by atoms with Crippen LogP contribution in [0.1, 0.15) is 34.8 Å². The number of fused-ring (bicyclic) bond motifs is 4. The van der Waals surface area contributed by atoms with Crippen LogP contribution >= 0.6 is 11.3 Å². The standard InChI is InChI=1S/C29H26F2N6O2S/c30-25(31)15-35-6-3-26(38)37(29(35)39)14-19-10-24-28(40-19)20(2-5-34-24)22-7-16(11-32)8-23-21-9-17(21)13-36(27(22)23)18-1-4-33-12-18/h2-3,5-8,10,17-18,21,25,33H,1,4,9,12-15H2/t17-,18+,21-/m1/s1. The third-order valence-electron chi connectivity index (χ3n) is 8.33. The Morgan fingerprint density at radius 3 is 2.85 bits per heavy atom. The molecule has 0 spiro atoms. The van der Waals surface area contributed by atoms with E-state index in [-0.39, 0.29) is 6.54 Å². The second kappa shape index (κ2) is 9.64. The van der Waals surface area contributed by atoms with Crippen LogP contribution in [0.25, 0.3) is 21.3 Å². The fraction of sp³-hybridized carbons (Fsp3) is 0.379. The van der Waals surface area contributed by atoms with Crippen LogP contribution in [0.15, 0.2) is 52.3 Å². The number of hydrogen-bond acceptors (Lipinski definition) is 7. The van der Waals surface area contributed by atoms with Crippen LogP contribution < -0.4 is 21.5 Å². The molecule has 1 saturated heterocycles. The number of nitriles is 1. The van der Waals surface area contributed by atoms with Gasteiger partial charge in [0, 0.05) is 59.3 Å². The molecule has 3 aromatic heterocycles. The maximum absolute atomic E-state index is 13.0. The number of halogens is 2. The van der Waals surface area contributed by atoms with Crippen LogP contribution in [0.5, 0.6) is 0 Å². The Labute approximate surface area is 232 Å². The number of aromatic nitrogens is 3. The summed E-state index contributed by atoms with van der Waals surface area (Å²) in [6.07, 6.45) is 2.36. The second-order valence-corrected chi connectivity index (χ2v) is 12.0. The first-order valence-corrected chi connectivity index (χ1v) is 14.2. The third kappa shape index (κ3) is 4.22. The highest BCUT2D eigenvalue weighted by Gasteiger charge is 2.47. The lowest BCUT2D eigenvalue weighted by Crippen LogP contribution is -2.41. The average Bonchev–Trinajstić information content (AvgIpc) is 3.32. The van der Waals surface area contributed by atoms with Gasteiger partial charge >= 0.3 is 5.69 Å². The molecule has 3 aliphatic rings. The molecule has 2 fully saturated rings. The van der Waals surface area contributed by atoms with Crippen LogP contribution in [-0.2, 0) is 13.1 Å². The molecule has 1 saturated carbocycles. The van der Waals surface area contributed by atoms with Gasteiger partial charge in [-0.3, -0.25) is 18.9 Å². The van der Waals surface area contributed by atoms with Gasteiger partial charge in [0.05, 0.1) is 34.9 Å². The molecule has 2 aliphatic heterocycles. The van der Waals surface area contributed by atoms with Crippen molar-refractivity contribution in [2.45, 2.75) is 44.3 Å². The lowest BCUT2D eigenvalue weighted by molar-refractivity contribution is 0.124. The summed E-state index contributed by atoms with van der Waals surface area (Å²) in [5, 5.41) is 13.4. The highest BCUT2D eigenvalue weighted by atomic mass is 32.1. The first-order chi connectivity index (χ1) is 19.4. The van der Waals surface area contributed by atoms with Crippen molar-refractivity contribution in [3.05, 3.63) is 79.6 Å². The van der Waals surface area contributed by atoms with Gasteiger partial charge in [0.2, 0.25) is 0 Å². The molecule has 0 radical (unpaired) electrons. The van der Waals surface area contributed by atoms with E-state index in [0.29, 0.717) is 28.3 Å². The van der Waals surface area contributed by atoms with E-state index < -0.39 is 24.2 Å². The Morgan fingerprint density at radius 1 is 1.20 bits per heavy atom. The first kappa shape index (κ1) is 25.1. The minimum atomic E-state index is -2.71. The molecular formula is C29H26F2N6O2S. The Balaban J connectivity index is 1.35. The summed E-state index contributed by atoms with van der Waals surface area (Å²) < 4.78 is 28.6. The van der Waals surface area contributed by atoms with Crippen LogP contribution in [0.3, 0.4) is 0 Å². The summed E-state index contributed by atoms with van der Waals surface area (Å²) >= 11 is 1.43. The maximum Gasteiger partial charge on any atom is 0.331 e. The Bertz CT molecular complexity index is 1800. The van der Waals surface area contributed by atoms with Gasteiger partial charge in [0.1, 0.15) is 0 Å². The molecule has 5 heterocycles. The van der Waals surface area contributed by atoms with E-state index in [1.807, 2.05) is 18.2 Å². The maximum atomic E-state index is 13.0. The molecule has 40 heavy (non-hydrogen) atoms. The van der Waals surface area contributed by atoms with Gasteiger partial charge in [-0.05, 0) is 61.1 Å². The molecule has 3 atom stereocenters. The van der Waals surface area contributed by atoms with E-state index >= 15 is 0 Å². The number of hydrogen-bond donors (Lipinski definition) is 1. The smallest absolute Gasteiger partial charge is 0.331 e. The van der Waals surface area contributed by atoms with Crippen molar-refractivity contribution >= 4 is 27.2 Å². The van der Waals surface area contributed by atoms with Crippen molar-refractivity contribution < 1.29 is 8.78 Å². The molecule has 8 nitrogen and oxygen atoms in total. The largest absolute Gasteiger partial charge is 0.366 e. The quantitative estimate of drug-likeness (QED) is 0.386. The van der Waals surface area contributed by atoms with Gasteiger partial charge in [-0.1, -0.05) is 0 Å². The molecule has 0 amide bonds. The monoisotopic (exact) mass is 560 g/mol. The van der Waals surface area contributed by atoms with Gasteiger partial charge in [-0.2, -0.15) is 5.26 Å². The molecule has 0 bridgehead atoms. The first-order valence-electron chi connectivity index (χ1n) is 13.4. The fourth-order valence-electron chi connectivity index (χ4n) is 6.36. The molecule has 11 heteroatoms. The van der Waals surface area contributed by atoms with Gasteiger partial charge in [0.15, 0.2) is 0 Å². The van der Waals surface area contributed by atoms with Crippen LogP contribution in [-0.4, -0.2) is 46.2 Å². The lowest BCUT2D eigenvalue weighted by Gasteiger charge is -2.37. The van der Waals surface area contributed by atoms with E-state index in [2.05, 4.69) is 27.3 Å².